The van der Waals surface area contributed by atoms with Crippen LogP contribution < -0.4 is 5.56 Å². The topological polar surface area (TPSA) is 84.7 Å². The number of fused-ring (bicyclic) bond motifs is 1. The first-order chi connectivity index (χ1) is 16.1. The normalized spacial score (nSPS) is 10.9. The van der Waals surface area contributed by atoms with Gasteiger partial charge in [0.25, 0.3) is 5.56 Å². The molecule has 0 aliphatic carbocycles. The van der Waals surface area contributed by atoms with E-state index in [1.807, 2.05) is 36.4 Å². The molecule has 0 saturated heterocycles. The van der Waals surface area contributed by atoms with E-state index in [1.165, 1.54) is 11.8 Å². The van der Waals surface area contributed by atoms with Gasteiger partial charge in [0.15, 0.2) is 5.16 Å². The number of hydrogen-bond acceptors (Lipinski definition) is 6. The fraction of sp³-hybridized carbons (Fsp3) is 0.0400. The number of benzene rings is 3. The average Bonchev–Trinajstić information content (AvgIpc) is 3.32. The second-order valence-electron chi connectivity index (χ2n) is 7.18. The summed E-state index contributed by atoms with van der Waals surface area (Å²) in [7, 11) is 0. The van der Waals surface area contributed by atoms with Crippen molar-refractivity contribution in [3.8, 4) is 23.0 Å². The number of thioether (sulfide) groups is 1. The molecule has 0 unspecified atom stereocenters. The van der Waals surface area contributed by atoms with Crippen LogP contribution in [-0.2, 0) is 5.75 Å². The second-order valence-corrected chi connectivity index (χ2v) is 8.56. The Labute approximate surface area is 198 Å². The highest BCUT2D eigenvalue weighted by molar-refractivity contribution is 7.98. The van der Waals surface area contributed by atoms with E-state index in [0.29, 0.717) is 49.5 Å². The van der Waals surface area contributed by atoms with Crippen molar-refractivity contribution in [3.63, 3.8) is 0 Å². The maximum Gasteiger partial charge on any atom is 0.266 e. The first kappa shape index (κ1) is 21.0. The molecule has 0 radical (unpaired) electrons. The summed E-state index contributed by atoms with van der Waals surface area (Å²) in [6.07, 6.45) is 0. The van der Waals surface area contributed by atoms with Gasteiger partial charge in [-0.2, -0.15) is 5.26 Å². The molecule has 2 heterocycles. The molecule has 0 fully saturated rings. The van der Waals surface area contributed by atoms with Crippen molar-refractivity contribution in [2.75, 3.05) is 0 Å². The van der Waals surface area contributed by atoms with Crippen LogP contribution in [0.15, 0.2) is 93.3 Å². The maximum atomic E-state index is 13.3. The zero-order valence-electron chi connectivity index (χ0n) is 17.1. The molecule has 5 aromatic rings. The van der Waals surface area contributed by atoms with Crippen LogP contribution >= 0.6 is 23.4 Å². The standard InChI is InChI=1S/C25H15ClN4O2S/c26-18-9-7-17(8-10-18)23-13-20(32-29-23)15-33-25-28-22-4-2-1-3-21(22)24(31)30(25)19-11-5-16(14-27)6-12-19/h1-13H,15H2. The summed E-state index contributed by atoms with van der Waals surface area (Å²) in [5.74, 6) is 1.08. The molecule has 0 aliphatic rings. The van der Waals surface area contributed by atoms with E-state index in [2.05, 4.69) is 11.2 Å². The predicted octanol–water partition coefficient (Wildman–Crippen LogP) is 5.86. The van der Waals surface area contributed by atoms with Gasteiger partial charge in [0.05, 0.1) is 34.0 Å². The Hall–Kier alpha value is -3.86. The number of para-hydroxylation sites is 1. The van der Waals surface area contributed by atoms with Crippen LogP contribution in [0.4, 0.5) is 0 Å². The van der Waals surface area contributed by atoms with Gasteiger partial charge < -0.3 is 4.52 Å². The molecule has 0 aliphatic heterocycles. The van der Waals surface area contributed by atoms with E-state index in [0.717, 1.165) is 5.56 Å². The third-order valence-electron chi connectivity index (χ3n) is 5.04. The summed E-state index contributed by atoms with van der Waals surface area (Å²) in [5, 5.41) is 14.9. The third kappa shape index (κ3) is 4.27. The van der Waals surface area contributed by atoms with Crippen molar-refractivity contribution in [1.29, 1.82) is 5.26 Å². The fourth-order valence-electron chi connectivity index (χ4n) is 3.40. The predicted molar refractivity (Wildman–Crippen MR) is 129 cm³/mol. The highest BCUT2D eigenvalue weighted by Crippen LogP contribution is 2.27. The minimum Gasteiger partial charge on any atom is -0.360 e. The average molecular weight is 471 g/mol. The molecule has 0 spiro atoms. The van der Waals surface area contributed by atoms with Crippen LogP contribution in [0.2, 0.25) is 5.02 Å². The van der Waals surface area contributed by atoms with E-state index >= 15 is 0 Å². The van der Waals surface area contributed by atoms with E-state index in [1.54, 1.807) is 47.0 Å². The van der Waals surface area contributed by atoms with Crippen molar-refractivity contribution in [1.82, 2.24) is 14.7 Å². The Morgan fingerprint density at radius 2 is 1.79 bits per heavy atom. The minimum absolute atomic E-state index is 0.174. The Kier molecular flexibility index (Phi) is 5.69. The lowest BCUT2D eigenvalue weighted by Gasteiger charge is -2.12. The first-order valence-electron chi connectivity index (χ1n) is 9.99. The number of aromatic nitrogens is 3. The molecule has 2 aromatic heterocycles. The van der Waals surface area contributed by atoms with Crippen LogP contribution in [0, 0.1) is 11.3 Å². The highest BCUT2D eigenvalue weighted by Gasteiger charge is 2.15. The van der Waals surface area contributed by atoms with Crippen LogP contribution in [0.5, 0.6) is 0 Å². The summed E-state index contributed by atoms with van der Waals surface area (Å²) in [6, 6.07) is 25.4. The lowest BCUT2D eigenvalue weighted by Crippen LogP contribution is -2.21. The van der Waals surface area contributed by atoms with Gasteiger partial charge in [-0.15, -0.1) is 0 Å². The van der Waals surface area contributed by atoms with E-state index in [9.17, 15) is 4.79 Å². The molecule has 0 amide bonds. The summed E-state index contributed by atoms with van der Waals surface area (Å²) in [5.41, 5.74) is 3.21. The van der Waals surface area contributed by atoms with Crippen LogP contribution in [0.3, 0.4) is 0 Å². The molecule has 6 nitrogen and oxygen atoms in total. The maximum absolute atomic E-state index is 13.3. The number of hydrogen-bond donors (Lipinski definition) is 0. The molecule has 8 heteroatoms. The van der Waals surface area contributed by atoms with Crippen LogP contribution in [0.1, 0.15) is 11.3 Å². The van der Waals surface area contributed by atoms with Crippen molar-refractivity contribution in [3.05, 3.63) is 106 Å². The SMILES string of the molecule is N#Cc1ccc(-n2c(SCc3cc(-c4ccc(Cl)cc4)no3)nc3ccccc3c2=O)cc1. The quantitative estimate of drug-likeness (QED) is 0.236. The van der Waals surface area contributed by atoms with Gasteiger partial charge in [-0.1, -0.05) is 52.8 Å². The summed E-state index contributed by atoms with van der Waals surface area (Å²) in [4.78, 5) is 18.1. The summed E-state index contributed by atoms with van der Waals surface area (Å²) in [6.45, 7) is 0. The second kappa shape index (κ2) is 8.94. The number of halogens is 1. The molecule has 0 N–H and O–H groups in total. The van der Waals surface area contributed by atoms with Crippen molar-refractivity contribution >= 4 is 34.3 Å². The van der Waals surface area contributed by atoms with Gasteiger partial charge >= 0.3 is 0 Å². The van der Waals surface area contributed by atoms with Gasteiger partial charge in [0.2, 0.25) is 0 Å². The Bertz CT molecular complexity index is 1550. The Balaban J connectivity index is 1.50. The lowest BCUT2D eigenvalue weighted by atomic mass is 10.1. The minimum atomic E-state index is -0.174. The monoisotopic (exact) mass is 470 g/mol. The van der Waals surface area contributed by atoms with Crippen LogP contribution in [0.25, 0.3) is 27.8 Å². The van der Waals surface area contributed by atoms with E-state index < -0.39 is 0 Å². The zero-order chi connectivity index (χ0) is 22.8. The highest BCUT2D eigenvalue weighted by atomic mass is 35.5. The van der Waals surface area contributed by atoms with E-state index in [4.69, 9.17) is 26.4 Å². The number of rotatable bonds is 5. The van der Waals surface area contributed by atoms with Gasteiger partial charge in [-0.3, -0.25) is 9.36 Å². The van der Waals surface area contributed by atoms with Gasteiger partial charge in [-0.25, -0.2) is 4.98 Å². The largest absolute Gasteiger partial charge is 0.360 e. The molecule has 0 saturated carbocycles. The number of nitrogens with zero attached hydrogens (tertiary/aromatic N) is 4. The molecular weight excluding hydrogens is 456 g/mol. The summed E-state index contributed by atoms with van der Waals surface area (Å²) < 4.78 is 7.07. The van der Waals surface area contributed by atoms with Crippen LogP contribution in [-0.4, -0.2) is 14.7 Å². The van der Waals surface area contributed by atoms with Gasteiger partial charge in [-0.05, 0) is 48.5 Å². The summed E-state index contributed by atoms with van der Waals surface area (Å²) >= 11 is 7.34. The first-order valence-corrected chi connectivity index (χ1v) is 11.4. The molecule has 5 rings (SSSR count). The van der Waals surface area contributed by atoms with Gasteiger partial charge in [0.1, 0.15) is 11.5 Å². The zero-order valence-corrected chi connectivity index (χ0v) is 18.7. The Morgan fingerprint density at radius 3 is 2.55 bits per heavy atom. The molecule has 3 aromatic carbocycles. The molecule has 160 valence electrons. The molecule has 0 bridgehead atoms. The fourth-order valence-corrected chi connectivity index (χ4v) is 4.41. The Morgan fingerprint density at radius 1 is 1.03 bits per heavy atom. The van der Waals surface area contributed by atoms with Gasteiger partial charge in [0, 0.05) is 16.7 Å². The lowest BCUT2D eigenvalue weighted by molar-refractivity contribution is 0.397. The van der Waals surface area contributed by atoms with Crippen molar-refractivity contribution < 1.29 is 4.52 Å². The van der Waals surface area contributed by atoms with Crippen molar-refractivity contribution in [2.24, 2.45) is 0 Å². The molecule has 33 heavy (non-hydrogen) atoms. The number of nitriles is 1. The molecular formula is C25H15ClN4O2S. The molecule has 0 atom stereocenters. The van der Waals surface area contributed by atoms with E-state index in [-0.39, 0.29) is 5.56 Å². The van der Waals surface area contributed by atoms with Crippen molar-refractivity contribution in [2.45, 2.75) is 10.9 Å². The third-order valence-corrected chi connectivity index (χ3v) is 6.25. The smallest absolute Gasteiger partial charge is 0.266 e.